The zero-order valence-corrected chi connectivity index (χ0v) is 13.7. The van der Waals surface area contributed by atoms with Crippen molar-refractivity contribution in [3.05, 3.63) is 71.8 Å². The van der Waals surface area contributed by atoms with E-state index >= 15 is 0 Å². The Labute approximate surface area is 142 Å². The minimum Gasteiger partial charge on any atom is -0.393 e. The van der Waals surface area contributed by atoms with E-state index in [2.05, 4.69) is 10.6 Å². The largest absolute Gasteiger partial charge is 0.393 e. The third-order valence-corrected chi connectivity index (χ3v) is 4.43. The number of aliphatic hydroxyl groups excluding tert-OH is 1. The highest BCUT2D eigenvalue weighted by atomic mass is 16.3. The number of carbonyl (C=O) groups is 1. The summed E-state index contributed by atoms with van der Waals surface area (Å²) in [7, 11) is 0. The van der Waals surface area contributed by atoms with E-state index in [-0.39, 0.29) is 18.2 Å². The van der Waals surface area contributed by atoms with E-state index in [1.807, 2.05) is 60.7 Å². The van der Waals surface area contributed by atoms with Crippen LogP contribution in [0, 0.1) is 5.92 Å². The van der Waals surface area contributed by atoms with Gasteiger partial charge in [-0.2, -0.15) is 0 Å². The topological polar surface area (TPSA) is 61.4 Å². The molecule has 24 heavy (non-hydrogen) atoms. The molecule has 0 radical (unpaired) electrons. The monoisotopic (exact) mass is 324 g/mol. The average Bonchev–Trinajstić information content (AvgIpc) is 3.46. The fourth-order valence-electron chi connectivity index (χ4n) is 2.88. The van der Waals surface area contributed by atoms with Crippen molar-refractivity contribution in [1.29, 1.82) is 0 Å². The highest BCUT2D eigenvalue weighted by molar-refractivity contribution is 5.75. The van der Waals surface area contributed by atoms with E-state index < -0.39 is 0 Å². The summed E-state index contributed by atoms with van der Waals surface area (Å²) in [5.41, 5.74) is 2.08. The molecular weight excluding hydrogens is 300 g/mol. The van der Waals surface area contributed by atoms with Gasteiger partial charge in [-0.25, -0.2) is 4.79 Å². The van der Waals surface area contributed by atoms with Gasteiger partial charge in [0.15, 0.2) is 0 Å². The number of benzene rings is 2. The van der Waals surface area contributed by atoms with Gasteiger partial charge in [0.25, 0.3) is 0 Å². The van der Waals surface area contributed by atoms with Crippen LogP contribution in [-0.2, 0) is 0 Å². The van der Waals surface area contributed by atoms with E-state index in [9.17, 15) is 9.90 Å². The molecule has 4 heteroatoms. The molecule has 4 nitrogen and oxygen atoms in total. The molecule has 2 aromatic rings. The van der Waals surface area contributed by atoms with Gasteiger partial charge in [-0.3, -0.25) is 0 Å². The van der Waals surface area contributed by atoms with E-state index in [1.54, 1.807) is 0 Å². The molecule has 1 aliphatic carbocycles. The number of hydrogen-bond donors (Lipinski definition) is 3. The minimum absolute atomic E-state index is 0.194. The fraction of sp³-hybridized carbons (Fsp3) is 0.350. The van der Waals surface area contributed by atoms with Crippen molar-refractivity contribution >= 4 is 6.03 Å². The van der Waals surface area contributed by atoms with Gasteiger partial charge in [-0.1, -0.05) is 60.7 Å². The lowest BCUT2D eigenvalue weighted by molar-refractivity contribution is 0.141. The van der Waals surface area contributed by atoms with Gasteiger partial charge < -0.3 is 15.7 Å². The molecule has 0 heterocycles. The smallest absolute Gasteiger partial charge is 0.315 e. The standard InChI is InChI=1S/C20H24N2O2/c23-18(15-11-12-15)13-14-21-20(24)22-19(16-7-3-1-4-8-16)17-9-5-2-6-10-17/h1-10,15,18-19,23H,11-14H2,(H2,21,22,24)/t18-/m1/s1. The van der Waals surface area contributed by atoms with Crippen molar-refractivity contribution in [2.75, 3.05) is 6.54 Å². The number of nitrogens with one attached hydrogen (secondary N) is 2. The van der Waals surface area contributed by atoms with Gasteiger partial charge in [0, 0.05) is 6.54 Å². The van der Waals surface area contributed by atoms with Crippen LogP contribution in [0.3, 0.4) is 0 Å². The predicted molar refractivity (Wildman–Crippen MR) is 94.6 cm³/mol. The van der Waals surface area contributed by atoms with E-state index in [1.165, 1.54) is 0 Å². The summed E-state index contributed by atoms with van der Waals surface area (Å²) < 4.78 is 0. The zero-order chi connectivity index (χ0) is 16.8. The molecule has 3 N–H and O–H groups in total. The molecule has 0 bridgehead atoms. The molecule has 2 amide bonds. The maximum Gasteiger partial charge on any atom is 0.315 e. The van der Waals surface area contributed by atoms with Crippen LogP contribution in [0.15, 0.2) is 60.7 Å². The van der Waals surface area contributed by atoms with Crippen LogP contribution >= 0.6 is 0 Å². The summed E-state index contributed by atoms with van der Waals surface area (Å²) in [5.74, 6) is 0.441. The molecule has 3 rings (SSSR count). The Morgan fingerprint density at radius 3 is 2.04 bits per heavy atom. The Hall–Kier alpha value is -2.33. The minimum atomic E-state index is -0.288. The second kappa shape index (κ2) is 7.97. The number of urea groups is 1. The van der Waals surface area contributed by atoms with E-state index in [4.69, 9.17) is 0 Å². The molecule has 1 aliphatic rings. The van der Waals surface area contributed by atoms with Gasteiger partial charge in [0.05, 0.1) is 12.1 Å². The first-order chi connectivity index (χ1) is 11.7. The fourth-order valence-corrected chi connectivity index (χ4v) is 2.88. The van der Waals surface area contributed by atoms with Gasteiger partial charge in [0.2, 0.25) is 0 Å². The third-order valence-electron chi connectivity index (χ3n) is 4.43. The van der Waals surface area contributed by atoms with Crippen molar-refractivity contribution in [2.24, 2.45) is 5.92 Å². The van der Waals surface area contributed by atoms with Crippen LogP contribution in [0.25, 0.3) is 0 Å². The number of carbonyl (C=O) groups excluding carboxylic acids is 1. The molecule has 0 spiro atoms. The summed E-state index contributed by atoms with van der Waals surface area (Å²) in [5, 5.41) is 15.8. The Bertz CT molecular complexity index is 602. The van der Waals surface area contributed by atoms with E-state index in [0.29, 0.717) is 18.9 Å². The van der Waals surface area contributed by atoms with Crippen molar-refractivity contribution in [3.63, 3.8) is 0 Å². The normalized spacial score (nSPS) is 15.1. The lowest BCUT2D eigenvalue weighted by atomic mass is 9.99. The van der Waals surface area contributed by atoms with Gasteiger partial charge in [-0.05, 0) is 36.3 Å². The van der Waals surface area contributed by atoms with Gasteiger partial charge >= 0.3 is 6.03 Å². The molecule has 1 atom stereocenters. The Balaban J connectivity index is 1.60. The molecule has 2 aromatic carbocycles. The maximum absolute atomic E-state index is 12.3. The van der Waals surface area contributed by atoms with Crippen molar-refractivity contribution in [2.45, 2.75) is 31.4 Å². The van der Waals surface area contributed by atoms with Crippen molar-refractivity contribution in [1.82, 2.24) is 10.6 Å². The zero-order valence-electron chi connectivity index (χ0n) is 13.7. The first kappa shape index (κ1) is 16.5. The summed E-state index contributed by atoms with van der Waals surface area (Å²) in [6.45, 7) is 0.486. The van der Waals surface area contributed by atoms with Crippen LogP contribution < -0.4 is 10.6 Å². The second-order valence-electron chi connectivity index (χ2n) is 6.35. The predicted octanol–water partition coefficient (Wildman–Crippen LogP) is 3.24. The number of aliphatic hydroxyl groups is 1. The summed E-state index contributed by atoms with van der Waals surface area (Å²) in [4.78, 5) is 12.3. The summed E-state index contributed by atoms with van der Waals surface area (Å²) >= 11 is 0. The van der Waals surface area contributed by atoms with Crippen LogP contribution in [-0.4, -0.2) is 23.8 Å². The average molecular weight is 324 g/mol. The Morgan fingerprint density at radius 2 is 1.54 bits per heavy atom. The lowest BCUT2D eigenvalue weighted by Crippen LogP contribution is -2.39. The number of hydrogen-bond acceptors (Lipinski definition) is 2. The summed E-state index contributed by atoms with van der Waals surface area (Å²) in [6, 6.07) is 19.4. The molecule has 0 saturated heterocycles. The molecule has 1 saturated carbocycles. The lowest BCUT2D eigenvalue weighted by Gasteiger charge is -2.20. The first-order valence-electron chi connectivity index (χ1n) is 8.56. The molecule has 0 unspecified atom stereocenters. The molecule has 0 aromatic heterocycles. The first-order valence-corrected chi connectivity index (χ1v) is 8.56. The molecular formula is C20H24N2O2. The van der Waals surface area contributed by atoms with Crippen LogP contribution in [0.1, 0.15) is 36.4 Å². The molecule has 1 fully saturated rings. The quantitative estimate of drug-likeness (QED) is 0.732. The maximum atomic E-state index is 12.3. The van der Waals surface area contributed by atoms with Gasteiger partial charge in [0.1, 0.15) is 0 Å². The van der Waals surface area contributed by atoms with Gasteiger partial charge in [-0.15, -0.1) is 0 Å². The van der Waals surface area contributed by atoms with Crippen molar-refractivity contribution in [3.8, 4) is 0 Å². The van der Waals surface area contributed by atoms with Crippen LogP contribution in [0.2, 0.25) is 0 Å². The van der Waals surface area contributed by atoms with Crippen molar-refractivity contribution < 1.29 is 9.90 Å². The highest BCUT2D eigenvalue weighted by Gasteiger charge is 2.29. The Morgan fingerprint density at radius 1 is 1.00 bits per heavy atom. The molecule has 0 aliphatic heterocycles. The number of amides is 2. The number of rotatable bonds is 7. The Kier molecular flexibility index (Phi) is 5.49. The third kappa shape index (κ3) is 4.59. The second-order valence-corrected chi connectivity index (χ2v) is 6.35. The highest BCUT2D eigenvalue weighted by Crippen LogP contribution is 2.33. The summed E-state index contributed by atoms with van der Waals surface area (Å²) in [6.07, 6.45) is 2.54. The SMILES string of the molecule is O=C(NCC[C@@H](O)C1CC1)NC(c1ccccc1)c1ccccc1. The van der Waals surface area contributed by atoms with Crippen LogP contribution in [0.4, 0.5) is 4.79 Å². The van der Waals surface area contributed by atoms with Crippen LogP contribution in [0.5, 0.6) is 0 Å². The molecule has 126 valence electrons. The van der Waals surface area contributed by atoms with E-state index in [0.717, 1.165) is 24.0 Å².